The van der Waals surface area contributed by atoms with Gasteiger partial charge in [0.2, 0.25) is 0 Å². The summed E-state index contributed by atoms with van der Waals surface area (Å²) >= 11 is 5.71. The molecule has 316 valence electrons. The number of fused-ring (bicyclic) bond motifs is 6. The van der Waals surface area contributed by atoms with Crippen LogP contribution >= 0.6 is 34.0 Å². The fourth-order valence-electron chi connectivity index (χ4n) is 8.22. The molecular formula is C55H60N2S3Si2. The normalized spacial score (nSPS) is 11.9. The predicted octanol–water partition coefficient (Wildman–Crippen LogP) is 17.2. The Bertz CT molecular complexity index is 2980. The minimum absolute atomic E-state index is 0.980. The van der Waals surface area contributed by atoms with Gasteiger partial charge in [0.05, 0.1) is 25.7 Å². The fraction of sp³-hybridized carbons (Fsp3) is 0.327. The summed E-state index contributed by atoms with van der Waals surface area (Å²) in [6.07, 6.45) is 12.1. The predicted molar refractivity (Wildman–Crippen MR) is 282 cm³/mol. The zero-order valence-electron chi connectivity index (χ0n) is 37.9. The van der Waals surface area contributed by atoms with E-state index in [1.54, 1.807) is 0 Å². The molecule has 8 rings (SSSR count). The van der Waals surface area contributed by atoms with Crippen LogP contribution in [0.5, 0.6) is 0 Å². The largest absolute Gasteiger partial charge is 0.292 e. The lowest BCUT2D eigenvalue weighted by Crippen LogP contribution is -2.16. The van der Waals surface area contributed by atoms with Crippen LogP contribution in [0.15, 0.2) is 97.1 Å². The third-order valence-corrected chi connectivity index (χ3v) is 16.8. The van der Waals surface area contributed by atoms with Gasteiger partial charge in [-0.15, -0.1) is 45.1 Å². The first-order valence-corrected chi connectivity index (χ1v) is 32.2. The summed E-state index contributed by atoms with van der Waals surface area (Å²) in [5, 5.41) is 4.88. The van der Waals surface area contributed by atoms with Crippen molar-refractivity contribution >= 4 is 82.7 Å². The summed E-state index contributed by atoms with van der Waals surface area (Å²) in [5.41, 5.74) is 14.7. The molecule has 0 N–H and O–H groups in total. The second kappa shape index (κ2) is 19.1. The maximum atomic E-state index is 5.77. The minimum atomic E-state index is -1.60. The summed E-state index contributed by atoms with van der Waals surface area (Å²) in [6, 6.07) is 36.0. The first-order chi connectivity index (χ1) is 29.9. The lowest BCUT2D eigenvalue weighted by Gasteiger charge is -2.12. The molecule has 0 aliphatic carbocycles. The number of para-hydroxylation sites is 1. The van der Waals surface area contributed by atoms with Crippen LogP contribution < -0.4 is 0 Å². The number of thiophene rings is 3. The first kappa shape index (κ1) is 44.1. The summed E-state index contributed by atoms with van der Waals surface area (Å²) in [5.74, 6) is 8.46. The van der Waals surface area contributed by atoms with Crippen LogP contribution in [-0.2, 0) is 12.8 Å². The molecule has 0 radical (unpaired) electrons. The van der Waals surface area contributed by atoms with Crippen molar-refractivity contribution in [3.8, 4) is 59.5 Å². The lowest BCUT2D eigenvalue weighted by atomic mass is 10.00. The van der Waals surface area contributed by atoms with Crippen LogP contribution in [0.3, 0.4) is 0 Å². The molecule has 0 bridgehead atoms. The van der Waals surface area contributed by atoms with Gasteiger partial charge in [-0.1, -0.05) is 170 Å². The molecule has 0 aliphatic rings. The van der Waals surface area contributed by atoms with Gasteiger partial charge in [0, 0.05) is 36.7 Å². The Morgan fingerprint density at radius 2 is 1.03 bits per heavy atom. The van der Waals surface area contributed by atoms with E-state index in [0.29, 0.717) is 0 Å². The van der Waals surface area contributed by atoms with Crippen LogP contribution in [0, 0.1) is 22.9 Å². The van der Waals surface area contributed by atoms with Crippen LogP contribution in [0.1, 0.15) is 86.1 Å². The van der Waals surface area contributed by atoms with Crippen molar-refractivity contribution < 1.29 is 0 Å². The molecule has 0 atom stereocenters. The highest BCUT2D eigenvalue weighted by Crippen LogP contribution is 2.50. The average Bonchev–Trinajstić information content (AvgIpc) is 4.06. The van der Waals surface area contributed by atoms with E-state index in [-0.39, 0.29) is 0 Å². The summed E-state index contributed by atoms with van der Waals surface area (Å²) < 4.78 is 2.45. The molecule has 4 aromatic heterocycles. The number of hydrogen-bond donors (Lipinski definition) is 0. The molecular weight excluding hydrogens is 841 g/mol. The first-order valence-electron chi connectivity index (χ1n) is 22.8. The SMILES string of the molecule is CCCCCCc1cc(-c2cc(-c3nc4c5ccccc5c5ccccc5c4n3-c3ccccc3)c(-c3cc(CCCCCC)c(C#C[Si](C)(C)C)s3)s2)sc1C#C[Si](C)(C)C. The Balaban J connectivity index is 1.41. The highest BCUT2D eigenvalue weighted by Gasteiger charge is 2.26. The zero-order chi connectivity index (χ0) is 43.4. The zero-order valence-corrected chi connectivity index (χ0v) is 42.4. The molecule has 2 nitrogen and oxygen atoms in total. The van der Waals surface area contributed by atoms with E-state index in [0.717, 1.165) is 35.4 Å². The summed E-state index contributed by atoms with van der Waals surface area (Å²) in [6.45, 7) is 18.7. The number of imidazole rings is 1. The van der Waals surface area contributed by atoms with Gasteiger partial charge in [-0.2, -0.15) is 0 Å². The van der Waals surface area contributed by atoms with E-state index in [4.69, 9.17) is 4.98 Å². The molecule has 0 unspecified atom stereocenters. The van der Waals surface area contributed by atoms with Gasteiger partial charge in [-0.25, -0.2) is 4.98 Å². The molecule has 0 spiro atoms. The van der Waals surface area contributed by atoms with Crippen LogP contribution in [0.2, 0.25) is 39.3 Å². The highest BCUT2D eigenvalue weighted by atomic mass is 32.1. The van der Waals surface area contributed by atoms with E-state index in [2.05, 4.69) is 178 Å². The Morgan fingerprint density at radius 3 is 1.61 bits per heavy atom. The lowest BCUT2D eigenvalue weighted by molar-refractivity contribution is 0.667. The molecule has 0 fully saturated rings. The molecule has 4 heterocycles. The molecule has 0 aliphatic heterocycles. The maximum absolute atomic E-state index is 5.77. The van der Waals surface area contributed by atoms with Crippen molar-refractivity contribution in [3.63, 3.8) is 0 Å². The van der Waals surface area contributed by atoms with Gasteiger partial charge in [0.25, 0.3) is 0 Å². The molecule has 0 saturated heterocycles. The number of hydrogen-bond acceptors (Lipinski definition) is 4. The van der Waals surface area contributed by atoms with Gasteiger partial charge in [0.1, 0.15) is 22.0 Å². The molecule has 62 heavy (non-hydrogen) atoms. The highest BCUT2D eigenvalue weighted by molar-refractivity contribution is 7.27. The Kier molecular flexibility index (Phi) is 13.6. The number of nitrogens with zero attached hydrogens (tertiary/aromatic N) is 2. The second-order valence-electron chi connectivity index (χ2n) is 18.8. The van der Waals surface area contributed by atoms with Gasteiger partial charge < -0.3 is 0 Å². The second-order valence-corrected chi connectivity index (χ2v) is 31.5. The van der Waals surface area contributed by atoms with Crippen molar-refractivity contribution in [1.29, 1.82) is 0 Å². The third kappa shape index (κ3) is 9.84. The monoisotopic (exact) mass is 900 g/mol. The molecule has 4 aromatic carbocycles. The molecule has 7 heteroatoms. The van der Waals surface area contributed by atoms with E-state index in [1.165, 1.54) is 119 Å². The smallest absolute Gasteiger partial charge is 0.147 e. The van der Waals surface area contributed by atoms with E-state index < -0.39 is 16.1 Å². The number of benzene rings is 4. The van der Waals surface area contributed by atoms with E-state index in [1.807, 2.05) is 34.0 Å². The topological polar surface area (TPSA) is 17.8 Å². The summed E-state index contributed by atoms with van der Waals surface area (Å²) in [7, 11) is -3.17. The Hall–Kier alpha value is -4.48. The van der Waals surface area contributed by atoms with Crippen molar-refractivity contribution in [3.05, 3.63) is 118 Å². The van der Waals surface area contributed by atoms with Crippen LogP contribution in [-0.4, -0.2) is 25.7 Å². The molecule has 8 aromatic rings. The summed E-state index contributed by atoms with van der Waals surface area (Å²) in [4.78, 5) is 13.4. The van der Waals surface area contributed by atoms with Gasteiger partial charge >= 0.3 is 0 Å². The van der Waals surface area contributed by atoms with Gasteiger partial charge in [-0.3, -0.25) is 4.57 Å². The number of rotatable bonds is 14. The van der Waals surface area contributed by atoms with Gasteiger partial charge in [-0.05, 0) is 77.9 Å². The Morgan fingerprint density at radius 1 is 0.532 bits per heavy atom. The number of unbranched alkanes of at least 4 members (excludes halogenated alkanes) is 6. The standard InChI is InChI=1S/C55H60N2S3Si2/c1-9-11-13-16-24-39-36-49(58-47(39)32-34-61(3,4)5)50-38-46(54(60-50)51-37-40(25-17-14-12-10-2)48(59-51)33-35-62(6,7)8)55-56-52-44-30-22-20-28-42(44)43-29-21-23-31-45(43)53(52)57(55)41-26-18-15-19-27-41/h15,18-23,26-31,36-38H,9-14,16-17,24-25H2,1-8H3. The molecule has 0 amide bonds. The molecule has 0 saturated carbocycles. The van der Waals surface area contributed by atoms with Crippen molar-refractivity contribution in [2.75, 3.05) is 0 Å². The quantitative estimate of drug-likeness (QED) is 0.0460. The van der Waals surface area contributed by atoms with Gasteiger partial charge in [0.15, 0.2) is 0 Å². The third-order valence-electron chi connectivity index (χ3n) is 11.3. The maximum Gasteiger partial charge on any atom is 0.147 e. The van der Waals surface area contributed by atoms with Crippen LogP contribution in [0.25, 0.3) is 69.2 Å². The number of aromatic nitrogens is 2. The number of aryl methyl sites for hydroxylation is 2. The van der Waals surface area contributed by atoms with E-state index in [9.17, 15) is 0 Å². The van der Waals surface area contributed by atoms with Crippen molar-refractivity contribution in [2.24, 2.45) is 0 Å². The van der Waals surface area contributed by atoms with Crippen molar-refractivity contribution in [1.82, 2.24) is 9.55 Å². The Labute approximate surface area is 384 Å². The van der Waals surface area contributed by atoms with Crippen LogP contribution in [0.4, 0.5) is 0 Å². The van der Waals surface area contributed by atoms with Crippen molar-refractivity contribution in [2.45, 2.75) is 117 Å². The average molecular weight is 901 g/mol. The fourth-order valence-corrected chi connectivity index (χ4v) is 12.9. The van der Waals surface area contributed by atoms with E-state index >= 15 is 0 Å². The minimum Gasteiger partial charge on any atom is -0.292 e.